The van der Waals surface area contributed by atoms with Crippen LogP contribution in [0.15, 0.2) is 34.2 Å². The van der Waals surface area contributed by atoms with Gasteiger partial charge in [0.25, 0.3) is 5.56 Å². The van der Waals surface area contributed by atoms with E-state index in [1.165, 1.54) is 18.2 Å². The number of fused-ring (bicyclic) bond motifs is 1. The van der Waals surface area contributed by atoms with E-state index in [4.69, 9.17) is 4.74 Å². The van der Waals surface area contributed by atoms with Crippen LogP contribution < -0.4 is 5.56 Å². The molecule has 0 spiro atoms. The minimum atomic E-state index is -0.0900. The monoisotopic (exact) mass is 389 g/mol. The van der Waals surface area contributed by atoms with Crippen LogP contribution in [0.5, 0.6) is 0 Å². The van der Waals surface area contributed by atoms with Gasteiger partial charge in [-0.25, -0.2) is 4.98 Å². The predicted molar refractivity (Wildman–Crippen MR) is 108 cm³/mol. The molecule has 0 bridgehead atoms. The third-order valence-electron chi connectivity index (χ3n) is 4.89. The highest BCUT2D eigenvalue weighted by Gasteiger charge is 2.25. The first-order valence-corrected chi connectivity index (χ1v) is 10.4. The Morgan fingerprint density at radius 2 is 1.96 bits per heavy atom. The highest BCUT2D eigenvalue weighted by atomic mass is 32.2. The molecule has 0 unspecified atom stereocenters. The lowest BCUT2D eigenvalue weighted by molar-refractivity contribution is -0.130. The first kappa shape index (κ1) is 19.9. The number of thioether (sulfide) groups is 1. The largest absolute Gasteiger partial charge is 0.383 e. The van der Waals surface area contributed by atoms with Gasteiger partial charge in [0, 0.05) is 20.2 Å². The minimum absolute atomic E-state index is 0.0900. The van der Waals surface area contributed by atoms with Crippen molar-refractivity contribution in [3.63, 3.8) is 0 Å². The second-order valence-corrected chi connectivity index (χ2v) is 8.34. The first-order chi connectivity index (χ1) is 13.0. The van der Waals surface area contributed by atoms with E-state index in [9.17, 15) is 9.59 Å². The number of ether oxygens (including phenoxy) is 1. The summed E-state index contributed by atoms with van der Waals surface area (Å²) in [5, 5.41) is 1.16. The number of amides is 1. The molecule has 2 atom stereocenters. The Hall–Kier alpha value is -1.86. The molecule has 3 rings (SSSR count). The Labute approximate surface area is 163 Å². The van der Waals surface area contributed by atoms with E-state index in [1.54, 1.807) is 17.7 Å². The Kier molecular flexibility index (Phi) is 6.55. The maximum absolute atomic E-state index is 12.8. The number of hydrogen-bond acceptors (Lipinski definition) is 5. The van der Waals surface area contributed by atoms with Crippen LogP contribution in [0.25, 0.3) is 10.9 Å². The topological polar surface area (TPSA) is 64.4 Å². The predicted octanol–water partition coefficient (Wildman–Crippen LogP) is 2.64. The highest BCUT2D eigenvalue weighted by Crippen LogP contribution is 2.23. The first-order valence-electron chi connectivity index (χ1n) is 9.38. The van der Waals surface area contributed by atoms with E-state index in [0.29, 0.717) is 41.0 Å². The van der Waals surface area contributed by atoms with Gasteiger partial charge >= 0.3 is 0 Å². The van der Waals surface area contributed by atoms with Crippen LogP contribution in [-0.2, 0) is 16.1 Å². The van der Waals surface area contributed by atoms with E-state index < -0.39 is 0 Å². The Morgan fingerprint density at radius 1 is 1.26 bits per heavy atom. The van der Waals surface area contributed by atoms with Crippen LogP contribution in [0.2, 0.25) is 0 Å². The molecule has 0 saturated carbocycles. The molecule has 2 heterocycles. The molecule has 1 aromatic heterocycles. The van der Waals surface area contributed by atoms with Crippen LogP contribution in [0.1, 0.15) is 20.3 Å². The van der Waals surface area contributed by atoms with E-state index in [0.717, 1.165) is 13.1 Å². The van der Waals surface area contributed by atoms with E-state index >= 15 is 0 Å². The lowest BCUT2D eigenvalue weighted by atomic mass is 9.92. The van der Waals surface area contributed by atoms with Crippen molar-refractivity contribution in [3.05, 3.63) is 34.6 Å². The maximum Gasteiger partial charge on any atom is 0.262 e. The van der Waals surface area contributed by atoms with Crippen molar-refractivity contribution in [2.75, 3.05) is 32.6 Å². The van der Waals surface area contributed by atoms with Gasteiger partial charge in [0.1, 0.15) is 0 Å². The Balaban J connectivity index is 1.80. The van der Waals surface area contributed by atoms with Crippen molar-refractivity contribution in [1.29, 1.82) is 0 Å². The number of methoxy groups -OCH3 is 1. The molecule has 2 aromatic rings. The average Bonchev–Trinajstić information content (AvgIpc) is 2.65. The molecule has 1 aliphatic rings. The number of hydrogen-bond donors (Lipinski definition) is 0. The second kappa shape index (κ2) is 8.89. The summed E-state index contributed by atoms with van der Waals surface area (Å²) in [6, 6.07) is 7.31. The standard InChI is InChI=1S/C20H27N3O3S/c1-14-10-15(2)12-22(11-14)18(24)13-27-20-21-17-7-5-4-6-16(17)19(25)23(20)8-9-26-3/h4-7,14-15H,8-13H2,1-3H3/t14-,15+. The fraction of sp³-hybridized carbons (Fsp3) is 0.550. The maximum atomic E-state index is 12.8. The van der Waals surface area contributed by atoms with Crippen LogP contribution in [-0.4, -0.2) is 52.9 Å². The van der Waals surface area contributed by atoms with E-state index in [1.807, 2.05) is 23.1 Å². The third-order valence-corrected chi connectivity index (χ3v) is 5.85. The SMILES string of the molecule is COCCn1c(SCC(=O)N2C[C@H](C)C[C@H](C)C2)nc2ccccc2c1=O. The van der Waals surface area contributed by atoms with Gasteiger partial charge in [0.05, 0.1) is 29.8 Å². The van der Waals surface area contributed by atoms with Crippen molar-refractivity contribution < 1.29 is 9.53 Å². The van der Waals surface area contributed by atoms with Crippen molar-refractivity contribution in [1.82, 2.24) is 14.5 Å². The number of rotatable bonds is 6. The smallest absolute Gasteiger partial charge is 0.262 e. The molecular formula is C20H27N3O3S. The second-order valence-electron chi connectivity index (χ2n) is 7.39. The van der Waals surface area contributed by atoms with Crippen molar-refractivity contribution >= 4 is 28.6 Å². The number of aromatic nitrogens is 2. The van der Waals surface area contributed by atoms with Crippen LogP contribution in [0.4, 0.5) is 0 Å². The summed E-state index contributed by atoms with van der Waals surface area (Å²) in [6.07, 6.45) is 1.17. The summed E-state index contributed by atoms with van der Waals surface area (Å²) in [5.74, 6) is 1.46. The summed E-state index contributed by atoms with van der Waals surface area (Å²) in [5.41, 5.74) is 0.569. The zero-order valence-corrected chi connectivity index (χ0v) is 17.0. The molecule has 1 fully saturated rings. The van der Waals surface area contributed by atoms with Gasteiger partial charge in [-0.3, -0.25) is 14.2 Å². The van der Waals surface area contributed by atoms with Gasteiger partial charge in [0.2, 0.25) is 5.91 Å². The average molecular weight is 390 g/mol. The Bertz CT molecular complexity index is 857. The molecule has 7 heteroatoms. The summed E-state index contributed by atoms with van der Waals surface area (Å²) < 4.78 is 6.76. The summed E-state index contributed by atoms with van der Waals surface area (Å²) in [4.78, 5) is 32.1. The van der Waals surface area contributed by atoms with Crippen molar-refractivity contribution in [3.8, 4) is 0 Å². The zero-order valence-electron chi connectivity index (χ0n) is 16.2. The number of nitrogens with zero attached hydrogens (tertiary/aromatic N) is 3. The molecule has 0 N–H and O–H groups in total. The van der Waals surface area contributed by atoms with Gasteiger partial charge < -0.3 is 9.64 Å². The van der Waals surface area contributed by atoms with Gasteiger partial charge in [-0.05, 0) is 30.4 Å². The summed E-state index contributed by atoms with van der Waals surface area (Å²) in [7, 11) is 1.61. The lowest BCUT2D eigenvalue weighted by Crippen LogP contribution is -2.43. The summed E-state index contributed by atoms with van der Waals surface area (Å²) in [6.45, 7) is 6.84. The molecule has 1 aromatic carbocycles. The zero-order chi connectivity index (χ0) is 19.4. The number of carbonyl (C=O) groups excluding carboxylic acids is 1. The van der Waals surface area contributed by atoms with Crippen LogP contribution in [0, 0.1) is 11.8 Å². The normalized spacial score (nSPS) is 20.2. The molecule has 6 nitrogen and oxygen atoms in total. The molecule has 1 amide bonds. The summed E-state index contributed by atoms with van der Waals surface area (Å²) >= 11 is 1.34. The molecule has 1 saturated heterocycles. The highest BCUT2D eigenvalue weighted by molar-refractivity contribution is 7.99. The molecule has 1 aliphatic heterocycles. The molecule has 27 heavy (non-hydrogen) atoms. The van der Waals surface area contributed by atoms with Gasteiger partial charge in [-0.2, -0.15) is 0 Å². The van der Waals surface area contributed by atoms with Crippen molar-refractivity contribution in [2.45, 2.75) is 32.0 Å². The number of carbonyl (C=O) groups is 1. The van der Waals surface area contributed by atoms with Crippen LogP contribution in [0.3, 0.4) is 0 Å². The molecule has 0 aliphatic carbocycles. The quantitative estimate of drug-likeness (QED) is 0.561. The third kappa shape index (κ3) is 4.71. The minimum Gasteiger partial charge on any atom is -0.383 e. The van der Waals surface area contributed by atoms with E-state index in [-0.39, 0.29) is 17.2 Å². The fourth-order valence-corrected chi connectivity index (χ4v) is 4.65. The van der Waals surface area contributed by atoms with Crippen molar-refractivity contribution in [2.24, 2.45) is 11.8 Å². The lowest BCUT2D eigenvalue weighted by Gasteiger charge is -2.35. The van der Waals surface area contributed by atoms with Gasteiger partial charge in [0.15, 0.2) is 5.16 Å². The number of benzene rings is 1. The number of likely N-dealkylation sites (tertiary alicyclic amines) is 1. The van der Waals surface area contributed by atoms with Gasteiger partial charge in [-0.15, -0.1) is 0 Å². The van der Waals surface area contributed by atoms with Gasteiger partial charge in [-0.1, -0.05) is 37.7 Å². The molecular weight excluding hydrogens is 362 g/mol. The van der Waals surface area contributed by atoms with E-state index in [2.05, 4.69) is 18.8 Å². The number of para-hydroxylation sites is 1. The number of piperidine rings is 1. The molecule has 0 radical (unpaired) electrons. The Morgan fingerprint density at radius 3 is 2.67 bits per heavy atom. The molecule has 146 valence electrons. The van der Waals surface area contributed by atoms with Crippen LogP contribution >= 0.6 is 11.8 Å². The fourth-order valence-electron chi connectivity index (χ4n) is 3.72.